The minimum absolute atomic E-state index is 0.0198. The van der Waals surface area contributed by atoms with E-state index in [2.05, 4.69) is 4.98 Å². The molecule has 0 aliphatic heterocycles. The van der Waals surface area contributed by atoms with Crippen LogP contribution >= 0.6 is 23.1 Å². The summed E-state index contributed by atoms with van der Waals surface area (Å²) in [5, 5.41) is 11.4. The number of anilines is 1. The Labute approximate surface area is 104 Å². The number of thioether (sulfide) groups is 1. The molecule has 0 atom stereocenters. The Morgan fingerprint density at radius 2 is 2.44 bits per heavy atom. The lowest BCUT2D eigenvalue weighted by Gasteiger charge is -2.14. The van der Waals surface area contributed by atoms with Crippen LogP contribution in [0.1, 0.15) is 19.5 Å². The minimum atomic E-state index is 0.0198. The maximum atomic E-state index is 11.3. The van der Waals surface area contributed by atoms with Crippen LogP contribution < -0.4 is 4.90 Å². The van der Waals surface area contributed by atoms with Gasteiger partial charge in [0.25, 0.3) is 0 Å². The molecule has 0 aliphatic carbocycles. The minimum Gasteiger partial charge on any atom is -0.396 e. The average Bonchev–Trinajstić information content (AvgIpc) is 2.67. The first-order valence-corrected chi connectivity index (χ1v) is 7.13. The van der Waals surface area contributed by atoms with E-state index >= 15 is 0 Å². The topological polar surface area (TPSA) is 53.4 Å². The molecule has 0 bridgehead atoms. The summed E-state index contributed by atoms with van der Waals surface area (Å²) in [6, 6.07) is 0. The van der Waals surface area contributed by atoms with Gasteiger partial charge < -0.3 is 5.11 Å². The van der Waals surface area contributed by atoms with E-state index in [1.165, 1.54) is 11.3 Å². The highest BCUT2D eigenvalue weighted by atomic mass is 32.2. The number of carbonyl (C=O) groups is 1. The molecular weight excluding hydrogens is 244 g/mol. The van der Waals surface area contributed by atoms with Crippen molar-refractivity contribution in [1.82, 2.24) is 4.98 Å². The van der Waals surface area contributed by atoms with Crippen molar-refractivity contribution in [2.24, 2.45) is 0 Å². The first-order chi connectivity index (χ1) is 7.69. The van der Waals surface area contributed by atoms with Crippen molar-refractivity contribution in [3.8, 4) is 0 Å². The summed E-state index contributed by atoms with van der Waals surface area (Å²) in [6.45, 7) is 4.32. The second-order valence-corrected chi connectivity index (χ2v) is 5.10. The van der Waals surface area contributed by atoms with Gasteiger partial charge in [-0.25, -0.2) is 4.98 Å². The molecule has 1 amide bonds. The zero-order valence-corrected chi connectivity index (χ0v) is 11.1. The van der Waals surface area contributed by atoms with Gasteiger partial charge in [0.15, 0.2) is 5.13 Å². The van der Waals surface area contributed by atoms with Crippen LogP contribution in [-0.4, -0.2) is 34.9 Å². The molecule has 1 aromatic rings. The molecule has 6 heteroatoms. The number of carbonyl (C=O) groups excluding carboxylic acids is 1. The first kappa shape index (κ1) is 13.5. The Bertz CT molecular complexity index is 341. The van der Waals surface area contributed by atoms with Gasteiger partial charge in [0.1, 0.15) is 0 Å². The zero-order chi connectivity index (χ0) is 12.0. The number of aromatic nitrogens is 1. The molecule has 4 nitrogen and oxygen atoms in total. The summed E-state index contributed by atoms with van der Waals surface area (Å²) in [4.78, 5) is 17.4. The highest BCUT2D eigenvalue weighted by Crippen LogP contribution is 2.23. The van der Waals surface area contributed by atoms with Gasteiger partial charge >= 0.3 is 0 Å². The molecule has 0 fully saturated rings. The average molecular weight is 260 g/mol. The number of nitrogens with zero attached hydrogens (tertiary/aromatic N) is 2. The Balaban J connectivity index is 2.59. The van der Waals surface area contributed by atoms with Crippen LogP contribution in [0.3, 0.4) is 0 Å². The number of rotatable bonds is 6. The second kappa shape index (κ2) is 6.88. The van der Waals surface area contributed by atoms with Gasteiger partial charge in [-0.1, -0.05) is 0 Å². The lowest BCUT2D eigenvalue weighted by molar-refractivity contribution is -0.116. The quantitative estimate of drug-likeness (QED) is 0.792. The maximum absolute atomic E-state index is 11.3. The fourth-order valence-electron chi connectivity index (χ4n) is 1.22. The number of amides is 1. The summed E-state index contributed by atoms with van der Waals surface area (Å²) in [5.74, 6) is 1.52. The van der Waals surface area contributed by atoms with Crippen molar-refractivity contribution < 1.29 is 9.90 Å². The number of aliphatic hydroxyl groups excluding tert-OH is 1. The molecule has 1 heterocycles. The molecule has 1 N–H and O–H groups in total. The third-order valence-electron chi connectivity index (χ3n) is 1.95. The van der Waals surface area contributed by atoms with E-state index < -0.39 is 0 Å². The molecule has 0 aliphatic rings. The standard InChI is InChI=1S/C10H16N2O2S2/c1-3-12(8(2)14)10-11-9(7-16-10)6-15-5-4-13/h7,13H,3-6H2,1-2H3. The highest BCUT2D eigenvalue weighted by Gasteiger charge is 2.12. The molecule has 0 aromatic carbocycles. The van der Waals surface area contributed by atoms with E-state index in [0.29, 0.717) is 6.54 Å². The lowest BCUT2D eigenvalue weighted by atomic mass is 10.5. The monoisotopic (exact) mass is 260 g/mol. The molecule has 0 saturated heterocycles. The predicted octanol–water partition coefficient (Wildman–Crippen LogP) is 1.74. The Hall–Kier alpha value is -0.590. The number of hydrogen-bond acceptors (Lipinski definition) is 5. The van der Waals surface area contributed by atoms with Gasteiger partial charge in [0.05, 0.1) is 12.3 Å². The van der Waals surface area contributed by atoms with Crippen LogP contribution in [0.25, 0.3) is 0 Å². The van der Waals surface area contributed by atoms with Crippen molar-refractivity contribution >= 4 is 34.1 Å². The van der Waals surface area contributed by atoms with E-state index in [9.17, 15) is 4.79 Å². The van der Waals surface area contributed by atoms with Gasteiger partial charge in [0, 0.05) is 30.4 Å². The van der Waals surface area contributed by atoms with E-state index in [4.69, 9.17) is 5.11 Å². The molecule has 90 valence electrons. The normalized spacial score (nSPS) is 10.4. The summed E-state index contributed by atoms with van der Waals surface area (Å²) < 4.78 is 0. The fraction of sp³-hybridized carbons (Fsp3) is 0.600. The molecular formula is C10H16N2O2S2. The van der Waals surface area contributed by atoms with E-state index in [1.807, 2.05) is 12.3 Å². The van der Waals surface area contributed by atoms with Crippen LogP contribution in [-0.2, 0) is 10.5 Å². The second-order valence-electron chi connectivity index (χ2n) is 3.16. The summed E-state index contributed by atoms with van der Waals surface area (Å²) in [5.41, 5.74) is 0.971. The summed E-state index contributed by atoms with van der Waals surface area (Å²) >= 11 is 3.12. The van der Waals surface area contributed by atoms with Crippen molar-refractivity contribution in [1.29, 1.82) is 0 Å². The Kier molecular flexibility index (Phi) is 5.79. The molecule has 1 aromatic heterocycles. The van der Waals surface area contributed by atoms with E-state index in [-0.39, 0.29) is 12.5 Å². The van der Waals surface area contributed by atoms with Gasteiger partial charge in [-0.05, 0) is 6.92 Å². The van der Waals surface area contributed by atoms with Crippen molar-refractivity contribution in [2.45, 2.75) is 19.6 Å². The Morgan fingerprint density at radius 1 is 1.69 bits per heavy atom. The predicted molar refractivity (Wildman–Crippen MR) is 69.1 cm³/mol. The molecule has 0 unspecified atom stereocenters. The van der Waals surface area contributed by atoms with Crippen LogP contribution in [0.2, 0.25) is 0 Å². The summed E-state index contributed by atoms with van der Waals surface area (Å²) in [6.07, 6.45) is 0. The van der Waals surface area contributed by atoms with Crippen LogP contribution in [0.4, 0.5) is 5.13 Å². The van der Waals surface area contributed by atoms with Crippen molar-refractivity contribution in [3.05, 3.63) is 11.1 Å². The van der Waals surface area contributed by atoms with Gasteiger partial charge in [-0.15, -0.1) is 11.3 Å². The van der Waals surface area contributed by atoms with Crippen LogP contribution in [0.15, 0.2) is 5.38 Å². The highest BCUT2D eigenvalue weighted by molar-refractivity contribution is 7.98. The number of hydrogen-bond donors (Lipinski definition) is 1. The fourth-order valence-corrected chi connectivity index (χ4v) is 2.89. The zero-order valence-electron chi connectivity index (χ0n) is 9.47. The number of aliphatic hydroxyl groups is 1. The molecule has 0 spiro atoms. The maximum Gasteiger partial charge on any atom is 0.225 e. The molecule has 0 saturated carbocycles. The molecule has 1 rings (SSSR count). The van der Waals surface area contributed by atoms with Crippen LogP contribution in [0.5, 0.6) is 0 Å². The van der Waals surface area contributed by atoms with E-state index in [0.717, 1.165) is 22.3 Å². The molecule has 0 radical (unpaired) electrons. The number of thiazole rings is 1. The molecule has 16 heavy (non-hydrogen) atoms. The third-order valence-corrected chi connectivity index (χ3v) is 3.84. The largest absolute Gasteiger partial charge is 0.396 e. The first-order valence-electron chi connectivity index (χ1n) is 5.10. The van der Waals surface area contributed by atoms with Gasteiger partial charge in [-0.3, -0.25) is 9.69 Å². The van der Waals surface area contributed by atoms with Crippen molar-refractivity contribution in [3.63, 3.8) is 0 Å². The van der Waals surface area contributed by atoms with E-state index in [1.54, 1.807) is 23.6 Å². The van der Waals surface area contributed by atoms with Gasteiger partial charge in [-0.2, -0.15) is 11.8 Å². The van der Waals surface area contributed by atoms with Crippen molar-refractivity contribution in [2.75, 3.05) is 23.8 Å². The smallest absolute Gasteiger partial charge is 0.225 e. The van der Waals surface area contributed by atoms with Gasteiger partial charge in [0.2, 0.25) is 5.91 Å². The SMILES string of the molecule is CCN(C(C)=O)c1nc(CSCCO)cs1. The lowest BCUT2D eigenvalue weighted by Crippen LogP contribution is -2.27. The third kappa shape index (κ3) is 3.77. The van der Waals surface area contributed by atoms with Crippen LogP contribution in [0, 0.1) is 0 Å². The Morgan fingerprint density at radius 3 is 3.00 bits per heavy atom. The summed E-state index contributed by atoms with van der Waals surface area (Å²) in [7, 11) is 0.